The number of hydrogen-bond donors (Lipinski definition) is 0. The van der Waals surface area contributed by atoms with Gasteiger partial charge >= 0.3 is 6.16 Å². The maximum Gasteiger partial charge on any atom is 0.511 e. The zero-order chi connectivity index (χ0) is 9.03. The summed E-state index contributed by atoms with van der Waals surface area (Å²) < 4.78 is 14.7. The summed E-state index contributed by atoms with van der Waals surface area (Å²) in [6.07, 6.45) is -0.122. The van der Waals surface area contributed by atoms with Crippen molar-refractivity contribution < 1.29 is 19.0 Å². The Labute approximate surface area is 75.8 Å². The highest BCUT2D eigenvalue weighted by Gasteiger charge is 2.41. The van der Waals surface area contributed by atoms with Gasteiger partial charge in [-0.15, -0.1) is 0 Å². The maximum absolute atomic E-state index is 10.6. The second-order valence-corrected chi connectivity index (χ2v) is 2.72. The Kier molecular flexibility index (Phi) is 2.99. The lowest BCUT2D eigenvalue weighted by Crippen LogP contribution is -2.35. The Balaban J connectivity index is 2.51. The van der Waals surface area contributed by atoms with Gasteiger partial charge in [-0.05, 0) is 0 Å². The van der Waals surface area contributed by atoms with Crippen LogP contribution in [0.3, 0.4) is 0 Å². The molecule has 0 aromatic heterocycles. The number of thiocarbonyl (C=S) groups is 1. The number of ether oxygens (including phenoxy) is 3. The van der Waals surface area contributed by atoms with E-state index in [2.05, 4.69) is 17.0 Å². The minimum absolute atomic E-state index is 0.144. The number of hydrogen-bond acceptors (Lipinski definition) is 5. The smallest absolute Gasteiger partial charge is 0.427 e. The van der Waals surface area contributed by atoms with Gasteiger partial charge in [0.1, 0.15) is 0 Å². The number of rotatable bonds is 4. The van der Waals surface area contributed by atoms with Crippen molar-refractivity contribution in [2.24, 2.45) is 0 Å². The third-order valence-electron chi connectivity index (χ3n) is 1.63. The Morgan fingerprint density at radius 3 is 3.00 bits per heavy atom. The van der Waals surface area contributed by atoms with Crippen LogP contribution in [0.5, 0.6) is 0 Å². The minimum atomic E-state index is -0.910. The van der Waals surface area contributed by atoms with E-state index in [1.54, 1.807) is 0 Å². The normalized spacial score (nSPS) is 27.9. The van der Waals surface area contributed by atoms with Gasteiger partial charge in [-0.3, -0.25) is 0 Å². The molecule has 0 radical (unpaired) electrons. The van der Waals surface area contributed by atoms with Crippen molar-refractivity contribution in [1.82, 2.24) is 0 Å². The van der Waals surface area contributed by atoms with Gasteiger partial charge < -0.3 is 14.2 Å². The summed E-state index contributed by atoms with van der Waals surface area (Å²) in [5, 5.41) is 1.43. The predicted octanol–water partition coefficient (Wildman–Crippen LogP) is 1.28. The summed E-state index contributed by atoms with van der Waals surface area (Å²) >= 11 is 4.58. The van der Waals surface area contributed by atoms with Crippen molar-refractivity contribution in [3.8, 4) is 0 Å². The fraction of sp³-hybridized carbons (Fsp3) is 0.714. The van der Waals surface area contributed by atoms with Gasteiger partial charge in [0.25, 0.3) is 5.79 Å². The summed E-state index contributed by atoms with van der Waals surface area (Å²) in [5.41, 5.74) is 0. The molecule has 1 aliphatic heterocycles. The van der Waals surface area contributed by atoms with Crippen LogP contribution in [0, 0.1) is 0 Å². The summed E-state index contributed by atoms with van der Waals surface area (Å²) in [5.74, 6) is -0.910. The van der Waals surface area contributed by atoms with Gasteiger partial charge in [-0.2, -0.15) is 0 Å². The van der Waals surface area contributed by atoms with Crippen molar-refractivity contribution >= 4 is 23.7 Å². The van der Waals surface area contributed by atoms with Gasteiger partial charge in [-0.25, -0.2) is 4.79 Å². The predicted molar refractivity (Wildman–Crippen MR) is 45.1 cm³/mol. The highest BCUT2D eigenvalue weighted by Crippen LogP contribution is 2.24. The lowest BCUT2D eigenvalue weighted by atomic mass is 10.2. The van der Waals surface area contributed by atoms with Gasteiger partial charge in [-0.1, -0.05) is 19.1 Å². The van der Waals surface area contributed by atoms with Crippen LogP contribution in [0.1, 0.15) is 13.3 Å². The zero-order valence-electron chi connectivity index (χ0n) is 6.74. The fourth-order valence-electron chi connectivity index (χ4n) is 0.913. The standard InChI is InChI=1S/C7H10O4S/c1-2-7(10-3-4-12)5-9-6(8)11-7/h4H,2-3,5H2,1H3. The average Bonchev–Trinajstić information content (AvgIpc) is 2.45. The minimum Gasteiger partial charge on any atom is -0.427 e. The van der Waals surface area contributed by atoms with E-state index in [-0.39, 0.29) is 13.2 Å². The molecule has 1 atom stereocenters. The Hall–Kier alpha value is -0.680. The summed E-state index contributed by atoms with van der Waals surface area (Å²) in [6.45, 7) is 2.27. The van der Waals surface area contributed by atoms with Crippen molar-refractivity contribution in [3.05, 3.63) is 0 Å². The molecule has 68 valence electrons. The van der Waals surface area contributed by atoms with E-state index in [0.717, 1.165) is 0 Å². The molecule has 0 spiro atoms. The van der Waals surface area contributed by atoms with Gasteiger partial charge in [0.2, 0.25) is 0 Å². The molecule has 0 N–H and O–H groups in total. The monoisotopic (exact) mass is 190 g/mol. The van der Waals surface area contributed by atoms with Crippen LogP contribution in [-0.4, -0.2) is 30.5 Å². The summed E-state index contributed by atoms with van der Waals surface area (Å²) in [7, 11) is 0. The molecule has 1 heterocycles. The van der Waals surface area contributed by atoms with Crippen molar-refractivity contribution in [1.29, 1.82) is 0 Å². The first kappa shape index (κ1) is 9.41. The van der Waals surface area contributed by atoms with E-state index in [9.17, 15) is 4.79 Å². The highest BCUT2D eigenvalue weighted by atomic mass is 32.1. The summed E-state index contributed by atoms with van der Waals surface area (Å²) in [4.78, 5) is 10.6. The number of carbonyl (C=O) groups excluding carboxylic acids is 1. The van der Waals surface area contributed by atoms with Crippen LogP contribution in [0.2, 0.25) is 0 Å². The molecular formula is C7H10O4S. The molecule has 1 fully saturated rings. The van der Waals surface area contributed by atoms with E-state index in [0.29, 0.717) is 6.42 Å². The Morgan fingerprint density at radius 2 is 2.58 bits per heavy atom. The topological polar surface area (TPSA) is 44.8 Å². The maximum atomic E-state index is 10.6. The molecule has 12 heavy (non-hydrogen) atoms. The van der Waals surface area contributed by atoms with E-state index in [4.69, 9.17) is 9.47 Å². The molecular weight excluding hydrogens is 180 g/mol. The molecule has 0 aromatic rings. The van der Waals surface area contributed by atoms with Crippen LogP contribution in [-0.2, 0) is 14.2 Å². The van der Waals surface area contributed by atoms with E-state index in [1.807, 2.05) is 6.92 Å². The first-order valence-corrected chi connectivity index (χ1v) is 4.13. The number of cyclic esters (lactones) is 2. The molecule has 0 aliphatic carbocycles. The zero-order valence-corrected chi connectivity index (χ0v) is 7.56. The fourth-order valence-corrected chi connectivity index (χ4v) is 0.981. The van der Waals surface area contributed by atoms with Crippen molar-refractivity contribution in [2.45, 2.75) is 19.1 Å². The Morgan fingerprint density at radius 1 is 1.83 bits per heavy atom. The van der Waals surface area contributed by atoms with Crippen LogP contribution < -0.4 is 0 Å². The van der Waals surface area contributed by atoms with Crippen LogP contribution >= 0.6 is 12.2 Å². The highest BCUT2D eigenvalue weighted by molar-refractivity contribution is 7.79. The van der Waals surface area contributed by atoms with Crippen LogP contribution in [0.15, 0.2) is 0 Å². The van der Waals surface area contributed by atoms with E-state index >= 15 is 0 Å². The molecule has 0 bridgehead atoms. The molecule has 1 rings (SSSR count). The summed E-state index contributed by atoms with van der Waals surface area (Å²) in [6, 6.07) is 0. The van der Waals surface area contributed by atoms with Crippen molar-refractivity contribution in [3.63, 3.8) is 0 Å². The van der Waals surface area contributed by atoms with Gasteiger partial charge in [0, 0.05) is 11.8 Å². The first-order chi connectivity index (χ1) is 5.72. The van der Waals surface area contributed by atoms with E-state index < -0.39 is 11.9 Å². The molecule has 5 heteroatoms. The van der Waals surface area contributed by atoms with E-state index in [1.165, 1.54) is 5.37 Å². The first-order valence-electron chi connectivity index (χ1n) is 3.66. The second kappa shape index (κ2) is 3.82. The Bertz CT molecular complexity index is 194. The molecule has 1 unspecified atom stereocenters. The second-order valence-electron chi connectivity index (χ2n) is 2.38. The van der Waals surface area contributed by atoms with Crippen LogP contribution in [0.25, 0.3) is 0 Å². The average molecular weight is 190 g/mol. The van der Waals surface area contributed by atoms with Gasteiger partial charge in [0.15, 0.2) is 6.61 Å². The number of carbonyl (C=O) groups is 1. The van der Waals surface area contributed by atoms with Gasteiger partial charge in [0.05, 0.1) is 6.61 Å². The largest absolute Gasteiger partial charge is 0.511 e. The molecule has 1 saturated heterocycles. The molecule has 1 aliphatic rings. The molecule has 0 amide bonds. The van der Waals surface area contributed by atoms with Crippen LogP contribution in [0.4, 0.5) is 4.79 Å². The lowest BCUT2D eigenvalue weighted by molar-refractivity contribution is -0.169. The third kappa shape index (κ3) is 1.92. The SMILES string of the molecule is CCC1(OCC=S)COC(=O)O1. The third-order valence-corrected chi connectivity index (χ3v) is 1.77. The molecule has 4 nitrogen and oxygen atoms in total. The molecule has 0 saturated carbocycles. The molecule has 0 aromatic carbocycles. The quantitative estimate of drug-likeness (QED) is 0.493. The lowest BCUT2D eigenvalue weighted by Gasteiger charge is -2.22. The van der Waals surface area contributed by atoms with Crippen molar-refractivity contribution in [2.75, 3.05) is 13.2 Å².